The van der Waals surface area contributed by atoms with Crippen LogP contribution in [0.2, 0.25) is 0 Å². The van der Waals surface area contributed by atoms with Gasteiger partial charge in [0.15, 0.2) is 5.82 Å². The number of anilines is 1. The van der Waals surface area contributed by atoms with E-state index in [4.69, 9.17) is 0 Å². The molecule has 0 aromatic carbocycles. The summed E-state index contributed by atoms with van der Waals surface area (Å²) in [5, 5.41) is 6.75. The van der Waals surface area contributed by atoms with E-state index in [-0.39, 0.29) is 5.91 Å². The Morgan fingerprint density at radius 3 is 2.71 bits per heavy atom. The zero-order chi connectivity index (χ0) is 12.4. The molecule has 1 amide bonds. The monoisotopic (exact) mass is 295 g/mol. The van der Waals surface area contributed by atoms with Crippen LogP contribution < -0.4 is 5.32 Å². The number of aryl methyl sites for hydroxylation is 2. The molecule has 7 heteroatoms. The van der Waals surface area contributed by atoms with Crippen molar-refractivity contribution in [2.75, 3.05) is 5.32 Å². The third-order valence-corrected chi connectivity index (χ3v) is 2.51. The van der Waals surface area contributed by atoms with E-state index in [1.54, 1.807) is 13.1 Å². The van der Waals surface area contributed by atoms with Crippen LogP contribution in [0.5, 0.6) is 0 Å². The Labute approximate surface area is 106 Å². The quantitative estimate of drug-likeness (QED) is 0.912. The highest BCUT2D eigenvalue weighted by atomic mass is 79.9. The number of hydrogen-bond acceptors (Lipinski definition) is 4. The minimum absolute atomic E-state index is 0.260. The summed E-state index contributed by atoms with van der Waals surface area (Å²) in [5.41, 5.74) is 1.27. The first-order chi connectivity index (χ1) is 8.06. The first-order valence-corrected chi connectivity index (χ1v) is 5.65. The molecule has 2 heterocycles. The van der Waals surface area contributed by atoms with Crippen LogP contribution in [0.4, 0.5) is 5.82 Å². The molecule has 0 radical (unpaired) electrons. The van der Waals surface area contributed by atoms with Gasteiger partial charge in [-0.1, -0.05) is 0 Å². The van der Waals surface area contributed by atoms with Crippen LogP contribution in [0.3, 0.4) is 0 Å². The van der Waals surface area contributed by atoms with Crippen LogP contribution in [0.1, 0.15) is 16.2 Å². The van der Waals surface area contributed by atoms with Gasteiger partial charge in [-0.15, -0.1) is 0 Å². The van der Waals surface area contributed by atoms with Crippen LogP contribution in [-0.4, -0.2) is 25.7 Å². The van der Waals surface area contributed by atoms with E-state index in [1.807, 2.05) is 6.92 Å². The molecule has 0 aliphatic heterocycles. The van der Waals surface area contributed by atoms with Gasteiger partial charge >= 0.3 is 0 Å². The van der Waals surface area contributed by atoms with Gasteiger partial charge in [-0.25, -0.2) is 9.97 Å². The van der Waals surface area contributed by atoms with Crippen LogP contribution in [0.25, 0.3) is 0 Å². The van der Waals surface area contributed by atoms with E-state index in [9.17, 15) is 4.79 Å². The first-order valence-electron chi connectivity index (χ1n) is 4.86. The van der Waals surface area contributed by atoms with Gasteiger partial charge in [0.05, 0.1) is 18.1 Å². The third-order valence-electron chi connectivity index (χ3n) is 2.10. The van der Waals surface area contributed by atoms with Crippen molar-refractivity contribution < 1.29 is 4.79 Å². The summed E-state index contributed by atoms with van der Waals surface area (Å²) in [5.74, 6) is 0.141. The van der Waals surface area contributed by atoms with Crippen molar-refractivity contribution in [2.24, 2.45) is 7.05 Å². The molecule has 0 spiro atoms. The van der Waals surface area contributed by atoms with E-state index in [1.165, 1.54) is 17.1 Å². The Balaban J connectivity index is 2.17. The smallest absolute Gasteiger partial charge is 0.275 e. The lowest BCUT2D eigenvalue weighted by molar-refractivity contribution is 0.101. The molecule has 88 valence electrons. The van der Waals surface area contributed by atoms with Gasteiger partial charge in [-0.05, 0) is 28.9 Å². The van der Waals surface area contributed by atoms with Gasteiger partial charge in [-0.3, -0.25) is 9.48 Å². The van der Waals surface area contributed by atoms with Crippen LogP contribution in [-0.2, 0) is 7.05 Å². The molecule has 0 saturated heterocycles. The number of hydrogen-bond donors (Lipinski definition) is 1. The summed E-state index contributed by atoms with van der Waals surface area (Å²) in [4.78, 5) is 19.9. The van der Waals surface area contributed by atoms with E-state index in [0.29, 0.717) is 16.1 Å². The molecule has 1 N–H and O–H groups in total. The molecular formula is C10H10BrN5O. The highest BCUT2D eigenvalue weighted by Gasteiger charge is 2.12. The highest BCUT2D eigenvalue weighted by molar-refractivity contribution is 9.10. The molecule has 6 nitrogen and oxygen atoms in total. The zero-order valence-corrected chi connectivity index (χ0v) is 10.9. The van der Waals surface area contributed by atoms with Crippen LogP contribution in [0.15, 0.2) is 23.1 Å². The summed E-state index contributed by atoms with van der Waals surface area (Å²) >= 11 is 3.17. The van der Waals surface area contributed by atoms with Crippen LogP contribution in [0, 0.1) is 6.92 Å². The molecule has 2 aromatic heterocycles. The molecule has 0 aliphatic carbocycles. The summed E-state index contributed by atoms with van der Waals surface area (Å²) < 4.78 is 2.14. The van der Waals surface area contributed by atoms with Crippen molar-refractivity contribution in [3.8, 4) is 0 Å². The van der Waals surface area contributed by atoms with E-state index in [2.05, 4.69) is 36.3 Å². The largest absolute Gasteiger partial charge is 0.304 e. The zero-order valence-electron chi connectivity index (χ0n) is 9.31. The maximum Gasteiger partial charge on any atom is 0.275 e. The van der Waals surface area contributed by atoms with Crippen molar-refractivity contribution >= 4 is 27.7 Å². The lowest BCUT2D eigenvalue weighted by atomic mass is 10.3. The van der Waals surface area contributed by atoms with Crippen LogP contribution >= 0.6 is 15.9 Å². The first kappa shape index (κ1) is 11.7. The maximum atomic E-state index is 11.9. The number of carbonyl (C=O) groups is 1. The number of nitrogens with one attached hydrogen (secondary N) is 1. The molecular weight excluding hydrogens is 286 g/mol. The summed E-state index contributed by atoms with van der Waals surface area (Å²) in [6.45, 7) is 1.83. The number of amides is 1. The minimum atomic E-state index is -0.260. The lowest BCUT2D eigenvalue weighted by Crippen LogP contribution is -2.16. The second-order valence-electron chi connectivity index (χ2n) is 3.47. The predicted octanol–water partition coefficient (Wildman–Crippen LogP) is 1.53. The Kier molecular flexibility index (Phi) is 3.19. The topological polar surface area (TPSA) is 72.7 Å². The minimum Gasteiger partial charge on any atom is -0.304 e. The number of rotatable bonds is 2. The van der Waals surface area contributed by atoms with Crippen molar-refractivity contribution in [2.45, 2.75) is 6.92 Å². The normalized spacial score (nSPS) is 10.3. The Bertz CT molecular complexity index is 548. The SMILES string of the molecule is Cc1cc(C(=O)Nc2cnc(Br)cn2)n(C)n1. The summed E-state index contributed by atoms with van der Waals surface area (Å²) in [6, 6.07) is 1.71. The highest BCUT2D eigenvalue weighted by Crippen LogP contribution is 2.08. The second-order valence-corrected chi connectivity index (χ2v) is 4.29. The molecule has 0 bridgehead atoms. The standard InChI is InChI=1S/C10H10BrN5O/c1-6-3-7(16(2)15-6)10(17)14-9-5-12-8(11)4-13-9/h3-5H,1-2H3,(H,13,14,17). The second kappa shape index (κ2) is 4.62. The molecule has 0 saturated carbocycles. The Morgan fingerprint density at radius 2 is 2.18 bits per heavy atom. The third kappa shape index (κ3) is 2.68. The van der Waals surface area contributed by atoms with E-state index < -0.39 is 0 Å². The van der Waals surface area contributed by atoms with Gasteiger partial charge in [0, 0.05) is 7.05 Å². The fourth-order valence-electron chi connectivity index (χ4n) is 1.38. The molecule has 0 aliphatic rings. The van der Waals surface area contributed by atoms with Crippen molar-refractivity contribution in [1.29, 1.82) is 0 Å². The molecule has 17 heavy (non-hydrogen) atoms. The van der Waals surface area contributed by atoms with E-state index >= 15 is 0 Å². The summed E-state index contributed by atoms with van der Waals surface area (Å²) in [6.07, 6.45) is 3.00. The Morgan fingerprint density at radius 1 is 1.41 bits per heavy atom. The van der Waals surface area contributed by atoms with Crippen molar-refractivity contribution in [3.63, 3.8) is 0 Å². The molecule has 0 unspecified atom stereocenters. The summed E-state index contributed by atoms with van der Waals surface area (Å²) in [7, 11) is 1.72. The van der Waals surface area contributed by atoms with Gasteiger partial charge in [0.1, 0.15) is 10.3 Å². The van der Waals surface area contributed by atoms with Gasteiger partial charge in [0.25, 0.3) is 5.91 Å². The Hall–Kier alpha value is -1.76. The average molecular weight is 296 g/mol. The van der Waals surface area contributed by atoms with Gasteiger partial charge in [-0.2, -0.15) is 5.10 Å². The van der Waals surface area contributed by atoms with Crippen molar-refractivity contribution in [3.05, 3.63) is 34.5 Å². The maximum absolute atomic E-state index is 11.9. The fraction of sp³-hybridized carbons (Fsp3) is 0.200. The van der Waals surface area contributed by atoms with Crippen molar-refractivity contribution in [1.82, 2.24) is 19.7 Å². The average Bonchev–Trinajstić information content (AvgIpc) is 2.61. The number of carbonyl (C=O) groups excluding carboxylic acids is 1. The lowest BCUT2D eigenvalue weighted by Gasteiger charge is -2.03. The van der Waals surface area contributed by atoms with E-state index in [0.717, 1.165) is 5.69 Å². The fourth-order valence-corrected chi connectivity index (χ4v) is 1.59. The molecule has 2 rings (SSSR count). The number of nitrogens with zero attached hydrogens (tertiary/aromatic N) is 4. The predicted molar refractivity (Wildman–Crippen MR) is 65.6 cm³/mol. The molecule has 0 atom stereocenters. The molecule has 0 fully saturated rings. The van der Waals surface area contributed by atoms with Gasteiger partial charge < -0.3 is 5.32 Å². The number of halogens is 1. The van der Waals surface area contributed by atoms with Gasteiger partial charge in [0.2, 0.25) is 0 Å². The number of aromatic nitrogens is 4. The molecule has 2 aromatic rings.